The maximum Gasteiger partial charge on any atom is 0.389 e. The van der Waals surface area contributed by atoms with Gasteiger partial charge in [-0.2, -0.15) is 13.2 Å². The first kappa shape index (κ1) is 13.8. The molecule has 0 aromatic rings. The molecular formula is C11H21F3N2. The van der Waals surface area contributed by atoms with Crippen LogP contribution in [-0.4, -0.2) is 25.8 Å². The molecule has 3 N–H and O–H groups in total. The molecule has 0 bridgehead atoms. The number of nitrogens with two attached hydrogens (primary N) is 1. The highest BCUT2D eigenvalue weighted by Crippen LogP contribution is 2.30. The van der Waals surface area contributed by atoms with Crippen LogP contribution < -0.4 is 11.1 Å². The number of hydrogen-bond acceptors (Lipinski definition) is 2. The molecule has 2 nitrogen and oxygen atoms in total. The molecular weight excluding hydrogens is 217 g/mol. The molecule has 2 atom stereocenters. The molecule has 5 heteroatoms. The summed E-state index contributed by atoms with van der Waals surface area (Å²) >= 11 is 0. The van der Waals surface area contributed by atoms with Crippen LogP contribution >= 0.6 is 0 Å². The summed E-state index contributed by atoms with van der Waals surface area (Å²) in [5.41, 5.74) is 5.64. The first-order valence-corrected chi connectivity index (χ1v) is 6.00. The van der Waals surface area contributed by atoms with Gasteiger partial charge in [0.25, 0.3) is 0 Å². The van der Waals surface area contributed by atoms with Crippen molar-refractivity contribution in [3.05, 3.63) is 0 Å². The second-order valence-electron chi connectivity index (χ2n) is 4.61. The lowest BCUT2D eigenvalue weighted by Gasteiger charge is -2.18. The van der Waals surface area contributed by atoms with Crippen LogP contribution in [0.2, 0.25) is 0 Å². The van der Waals surface area contributed by atoms with Crippen molar-refractivity contribution >= 4 is 0 Å². The van der Waals surface area contributed by atoms with Crippen LogP contribution in [0, 0.1) is 11.8 Å². The van der Waals surface area contributed by atoms with E-state index in [4.69, 9.17) is 5.73 Å². The normalized spacial score (nSPS) is 26.2. The molecule has 1 aliphatic carbocycles. The Balaban J connectivity index is 2.03. The molecule has 2 unspecified atom stereocenters. The molecule has 0 aliphatic heterocycles. The van der Waals surface area contributed by atoms with E-state index in [0.717, 1.165) is 13.0 Å². The largest absolute Gasteiger partial charge is 0.389 e. The van der Waals surface area contributed by atoms with Crippen LogP contribution in [0.4, 0.5) is 13.2 Å². The monoisotopic (exact) mass is 238 g/mol. The molecule has 1 fully saturated rings. The number of rotatable bonds is 6. The van der Waals surface area contributed by atoms with Gasteiger partial charge >= 0.3 is 6.18 Å². The van der Waals surface area contributed by atoms with Gasteiger partial charge < -0.3 is 11.1 Å². The molecule has 1 aliphatic rings. The van der Waals surface area contributed by atoms with E-state index in [1.807, 2.05) is 0 Å². The van der Waals surface area contributed by atoms with Crippen LogP contribution in [0.3, 0.4) is 0 Å². The van der Waals surface area contributed by atoms with Crippen LogP contribution in [0.5, 0.6) is 0 Å². The maximum absolute atomic E-state index is 11.9. The molecule has 0 heterocycles. The summed E-state index contributed by atoms with van der Waals surface area (Å²) in [6, 6.07) is 0. The van der Waals surface area contributed by atoms with Crippen molar-refractivity contribution in [1.29, 1.82) is 0 Å². The zero-order valence-electron chi connectivity index (χ0n) is 9.52. The van der Waals surface area contributed by atoms with Crippen molar-refractivity contribution in [2.24, 2.45) is 17.6 Å². The highest BCUT2D eigenvalue weighted by Gasteiger charge is 2.27. The van der Waals surface area contributed by atoms with Gasteiger partial charge in [0, 0.05) is 6.42 Å². The standard InChI is InChI=1S/C11H21F3N2/c12-11(13,14)5-2-6-16-8-10-4-1-3-9(10)7-15/h9-10,16H,1-8,15H2. The van der Waals surface area contributed by atoms with Gasteiger partial charge in [-0.05, 0) is 50.7 Å². The van der Waals surface area contributed by atoms with Crippen molar-refractivity contribution in [2.75, 3.05) is 19.6 Å². The molecule has 0 aromatic carbocycles. The van der Waals surface area contributed by atoms with Gasteiger partial charge in [0.2, 0.25) is 0 Å². The molecule has 0 amide bonds. The van der Waals surface area contributed by atoms with Gasteiger partial charge in [-0.25, -0.2) is 0 Å². The summed E-state index contributed by atoms with van der Waals surface area (Å²) in [5.74, 6) is 1.13. The first-order valence-electron chi connectivity index (χ1n) is 6.00. The van der Waals surface area contributed by atoms with E-state index in [0.29, 0.717) is 24.9 Å². The summed E-state index contributed by atoms with van der Waals surface area (Å²) in [7, 11) is 0. The predicted octanol–water partition coefficient (Wildman–Crippen LogP) is 2.29. The quantitative estimate of drug-likeness (QED) is 0.697. The third-order valence-electron chi connectivity index (χ3n) is 3.34. The highest BCUT2D eigenvalue weighted by molar-refractivity contribution is 4.79. The summed E-state index contributed by atoms with van der Waals surface area (Å²) in [4.78, 5) is 0. The first-order chi connectivity index (χ1) is 7.53. The Morgan fingerprint density at radius 1 is 1.19 bits per heavy atom. The third-order valence-corrected chi connectivity index (χ3v) is 3.34. The third kappa shape index (κ3) is 5.16. The molecule has 0 spiro atoms. The molecule has 1 rings (SSSR count). The van der Waals surface area contributed by atoms with Gasteiger partial charge in [0.15, 0.2) is 0 Å². The SMILES string of the molecule is NCC1CCCC1CNCCCC(F)(F)F. The van der Waals surface area contributed by atoms with E-state index in [-0.39, 0.29) is 6.42 Å². The maximum atomic E-state index is 11.9. The summed E-state index contributed by atoms with van der Waals surface area (Å²) in [6.07, 6.45) is -1.00. The zero-order chi connectivity index (χ0) is 12.0. The lowest BCUT2D eigenvalue weighted by Crippen LogP contribution is -2.29. The van der Waals surface area contributed by atoms with Gasteiger partial charge in [0.05, 0.1) is 0 Å². The van der Waals surface area contributed by atoms with Crippen LogP contribution in [0.25, 0.3) is 0 Å². The second kappa shape index (κ2) is 6.45. The smallest absolute Gasteiger partial charge is 0.330 e. The van der Waals surface area contributed by atoms with Crippen molar-refractivity contribution in [1.82, 2.24) is 5.32 Å². The molecule has 0 saturated heterocycles. The molecule has 0 radical (unpaired) electrons. The van der Waals surface area contributed by atoms with E-state index < -0.39 is 12.6 Å². The zero-order valence-corrected chi connectivity index (χ0v) is 9.52. The van der Waals surface area contributed by atoms with Crippen LogP contribution in [-0.2, 0) is 0 Å². The molecule has 1 saturated carbocycles. The van der Waals surface area contributed by atoms with E-state index in [2.05, 4.69) is 5.32 Å². The Morgan fingerprint density at radius 2 is 1.88 bits per heavy atom. The number of alkyl halides is 3. The lowest BCUT2D eigenvalue weighted by atomic mass is 9.96. The van der Waals surface area contributed by atoms with E-state index in [1.165, 1.54) is 12.8 Å². The molecule has 96 valence electrons. The Hall–Kier alpha value is -0.290. The van der Waals surface area contributed by atoms with Crippen LogP contribution in [0.1, 0.15) is 32.1 Å². The average molecular weight is 238 g/mol. The van der Waals surface area contributed by atoms with E-state index in [1.54, 1.807) is 0 Å². The number of halogens is 3. The fourth-order valence-electron chi connectivity index (χ4n) is 2.39. The van der Waals surface area contributed by atoms with Crippen molar-refractivity contribution in [3.63, 3.8) is 0 Å². The summed E-state index contributed by atoms with van der Waals surface area (Å²) in [6.45, 7) is 1.97. The Morgan fingerprint density at radius 3 is 2.50 bits per heavy atom. The number of hydrogen-bond donors (Lipinski definition) is 2. The average Bonchev–Trinajstić information content (AvgIpc) is 2.63. The predicted molar refractivity (Wildman–Crippen MR) is 58.0 cm³/mol. The fraction of sp³-hybridized carbons (Fsp3) is 1.00. The van der Waals surface area contributed by atoms with Gasteiger partial charge in [-0.1, -0.05) is 6.42 Å². The fourth-order valence-corrected chi connectivity index (χ4v) is 2.39. The summed E-state index contributed by atoms with van der Waals surface area (Å²) < 4.78 is 35.6. The summed E-state index contributed by atoms with van der Waals surface area (Å²) in [5, 5.41) is 3.11. The van der Waals surface area contributed by atoms with Crippen molar-refractivity contribution in [2.45, 2.75) is 38.3 Å². The molecule has 0 aromatic heterocycles. The van der Waals surface area contributed by atoms with Crippen molar-refractivity contribution in [3.8, 4) is 0 Å². The van der Waals surface area contributed by atoms with Gasteiger partial charge in [0.1, 0.15) is 0 Å². The minimum Gasteiger partial charge on any atom is -0.330 e. The number of nitrogens with one attached hydrogen (secondary N) is 1. The van der Waals surface area contributed by atoms with E-state index >= 15 is 0 Å². The molecule has 16 heavy (non-hydrogen) atoms. The Labute approximate surface area is 94.8 Å². The lowest BCUT2D eigenvalue weighted by molar-refractivity contribution is -0.135. The topological polar surface area (TPSA) is 38.0 Å². The highest BCUT2D eigenvalue weighted by atomic mass is 19.4. The second-order valence-corrected chi connectivity index (χ2v) is 4.61. The van der Waals surface area contributed by atoms with Crippen molar-refractivity contribution < 1.29 is 13.2 Å². The Bertz CT molecular complexity index is 194. The van der Waals surface area contributed by atoms with Gasteiger partial charge in [-0.3, -0.25) is 0 Å². The van der Waals surface area contributed by atoms with E-state index in [9.17, 15) is 13.2 Å². The van der Waals surface area contributed by atoms with Crippen LogP contribution in [0.15, 0.2) is 0 Å². The Kier molecular flexibility index (Phi) is 5.55. The van der Waals surface area contributed by atoms with Gasteiger partial charge in [-0.15, -0.1) is 0 Å². The minimum absolute atomic E-state index is 0.170. The minimum atomic E-state index is -4.02.